The van der Waals surface area contributed by atoms with E-state index in [1.54, 1.807) is 7.11 Å². The Labute approximate surface area is 109 Å². The molecule has 0 aromatic heterocycles. The van der Waals surface area contributed by atoms with Crippen LogP contribution in [0.25, 0.3) is 0 Å². The monoisotopic (exact) mass is 249 g/mol. The van der Waals surface area contributed by atoms with E-state index in [1.807, 2.05) is 0 Å². The molecule has 0 saturated carbocycles. The summed E-state index contributed by atoms with van der Waals surface area (Å²) in [6, 6.07) is 8.44. The molecule has 4 heteroatoms. The molecule has 1 aliphatic rings. The number of likely N-dealkylation sites (N-methyl/N-ethyl adjacent to an activating group) is 1. The van der Waals surface area contributed by atoms with E-state index in [-0.39, 0.29) is 0 Å². The molecule has 0 radical (unpaired) electrons. The van der Waals surface area contributed by atoms with Crippen molar-refractivity contribution in [1.82, 2.24) is 15.3 Å². The molecule has 0 aliphatic carbocycles. The predicted octanol–water partition coefficient (Wildman–Crippen LogP) is 1.08. The molecule has 1 N–H and O–H groups in total. The Kier molecular flexibility index (Phi) is 5.13. The zero-order valence-electron chi connectivity index (χ0n) is 11.4. The molecule has 100 valence electrons. The normalized spacial score (nSPS) is 18.1. The Morgan fingerprint density at radius 1 is 1.11 bits per heavy atom. The summed E-state index contributed by atoms with van der Waals surface area (Å²) in [7, 11) is 3.91. The number of nitrogens with one attached hydrogen (secondary N) is 1. The fraction of sp³-hybridized carbons (Fsp3) is 0.571. The largest absolute Gasteiger partial charge is 0.380 e. The van der Waals surface area contributed by atoms with Crippen molar-refractivity contribution in [3.05, 3.63) is 35.4 Å². The summed E-state index contributed by atoms with van der Waals surface area (Å²) in [6.07, 6.45) is 0. The Morgan fingerprint density at radius 3 is 2.44 bits per heavy atom. The minimum Gasteiger partial charge on any atom is -0.380 e. The highest BCUT2D eigenvalue weighted by atomic mass is 16.5. The van der Waals surface area contributed by atoms with E-state index in [1.165, 1.54) is 11.1 Å². The number of hydrogen-bond acceptors (Lipinski definition) is 4. The van der Waals surface area contributed by atoms with E-state index < -0.39 is 0 Å². The van der Waals surface area contributed by atoms with Gasteiger partial charge in [0.05, 0.1) is 6.61 Å². The molecule has 0 spiro atoms. The van der Waals surface area contributed by atoms with Crippen LogP contribution in [0.2, 0.25) is 0 Å². The molecule has 2 rings (SSSR count). The summed E-state index contributed by atoms with van der Waals surface area (Å²) < 4.78 is 5.23. The molecule has 1 aliphatic heterocycles. The molecule has 1 heterocycles. The topological polar surface area (TPSA) is 27.7 Å². The molecule has 0 bridgehead atoms. The van der Waals surface area contributed by atoms with Crippen molar-refractivity contribution in [2.45, 2.75) is 13.2 Å². The first-order valence-electron chi connectivity index (χ1n) is 6.52. The fourth-order valence-corrected chi connectivity index (χ4v) is 2.19. The molecular formula is C14H23N3O. The van der Waals surface area contributed by atoms with Crippen LogP contribution in [-0.4, -0.2) is 50.2 Å². The van der Waals surface area contributed by atoms with Gasteiger partial charge in [0.25, 0.3) is 0 Å². The molecule has 1 fully saturated rings. The second-order valence-corrected chi connectivity index (χ2v) is 4.83. The molecule has 1 saturated heterocycles. The average Bonchev–Trinajstić information content (AvgIpc) is 2.40. The lowest BCUT2D eigenvalue weighted by Gasteiger charge is -2.32. The van der Waals surface area contributed by atoms with Crippen LogP contribution in [0.4, 0.5) is 0 Å². The minimum atomic E-state index is 0.681. The number of rotatable bonds is 5. The van der Waals surface area contributed by atoms with E-state index in [2.05, 4.69) is 46.6 Å². The SMILES string of the molecule is COCc1ccccc1CNN1CCN(C)CC1. The molecule has 1 aromatic carbocycles. The van der Waals surface area contributed by atoms with E-state index in [9.17, 15) is 0 Å². The number of ether oxygens (including phenoxy) is 1. The maximum Gasteiger partial charge on any atom is 0.0716 e. The minimum absolute atomic E-state index is 0.681. The Balaban J connectivity index is 1.86. The second-order valence-electron chi connectivity index (χ2n) is 4.83. The van der Waals surface area contributed by atoms with Crippen LogP contribution in [0.5, 0.6) is 0 Å². The summed E-state index contributed by atoms with van der Waals surface area (Å²) in [4.78, 5) is 2.36. The van der Waals surface area contributed by atoms with Gasteiger partial charge in [-0.2, -0.15) is 0 Å². The smallest absolute Gasteiger partial charge is 0.0716 e. The number of hydrazine groups is 1. The van der Waals surface area contributed by atoms with Crippen molar-refractivity contribution in [2.75, 3.05) is 40.3 Å². The molecule has 0 atom stereocenters. The Bertz CT molecular complexity index is 362. The van der Waals surface area contributed by atoms with Crippen molar-refractivity contribution in [3.8, 4) is 0 Å². The van der Waals surface area contributed by atoms with Crippen molar-refractivity contribution in [2.24, 2.45) is 0 Å². The summed E-state index contributed by atoms with van der Waals surface area (Å²) in [6.45, 7) is 6.00. The van der Waals surface area contributed by atoms with Crippen molar-refractivity contribution in [1.29, 1.82) is 0 Å². The van der Waals surface area contributed by atoms with Crippen molar-refractivity contribution in [3.63, 3.8) is 0 Å². The molecular weight excluding hydrogens is 226 g/mol. The first-order valence-corrected chi connectivity index (χ1v) is 6.52. The van der Waals surface area contributed by atoms with Gasteiger partial charge in [0.15, 0.2) is 0 Å². The number of methoxy groups -OCH3 is 1. The highest BCUT2D eigenvalue weighted by Crippen LogP contribution is 2.10. The first kappa shape index (κ1) is 13.5. The van der Waals surface area contributed by atoms with Gasteiger partial charge in [-0.05, 0) is 18.2 Å². The van der Waals surface area contributed by atoms with Gasteiger partial charge in [0, 0.05) is 39.8 Å². The van der Waals surface area contributed by atoms with Crippen LogP contribution in [0.3, 0.4) is 0 Å². The first-order chi connectivity index (χ1) is 8.79. The summed E-state index contributed by atoms with van der Waals surface area (Å²) in [5, 5.41) is 2.31. The number of hydrogen-bond donors (Lipinski definition) is 1. The van der Waals surface area contributed by atoms with Crippen LogP contribution in [0, 0.1) is 0 Å². The van der Waals surface area contributed by atoms with Gasteiger partial charge in [0.2, 0.25) is 0 Å². The summed E-state index contributed by atoms with van der Waals surface area (Å²) >= 11 is 0. The van der Waals surface area contributed by atoms with Crippen LogP contribution >= 0.6 is 0 Å². The second kappa shape index (κ2) is 6.85. The average molecular weight is 249 g/mol. The number of benzene rings is 1. The quantitative estimate of drug-likeness (QED) is 0.845. The van der Waals surface area contributed by atoms with E-state index in [0.29, 0.717) is 6.61 Å². The van der Waals surface area contributed by atoms with Crippen molar-refractivity contribution >= 4 is 0 Å². The third kappa shape index (κ3) is 3.78. The van der Waals surface area contributed by atoms with E-state index in [4.69, 9.17) is 4.74 Å². The molecule has 0 unspecified atom stereocenters. The van der Waals surface area contributed by atoms with Gasteiger partial charge in [-0.3, -0.25) is 5.43 Å². The van der Waals surface area contributed by atoms with E-state index in [0.717, 1.165) is 32.7 Å². The maximum absolute atomic E-state index is 5.23. The Morgan fingerprint density at radius 2 is 1.78 bits per heavy atom. The lowest BCUT2D eigenvalue weighted by molar-refractivity contribution is 0.101. The van der Waals surface area contributed by atoms with Gasteiger partial charge >= 0.3 is 0 Å². The van der Waals surface area contributed by atoms with Gasteiger partial charge < -0.3 is 9.64 Å². The van der Waals surface area contributed by atoms with Gasteiger partial charge in [-0.1, -0.05) is 24.3 Å². The third-order valence-electron chi connectivity index (χ3n) is 3.41. The fourth-order valence-electron chi connectivity index (χ4n) is 2.19. The summed E-state index contributed by atoms with van der Waals surface area (Å²) in [5.41, 5.74) is 6.09. The number of piperazine rings is 1. The molecule has 0 amide bonds. The zero-order chi connectivity index (χ0) is 12.8. The lowest BCUT2D eigenvalue weighted by Crippen LogP contribution is -2.50. The highest BCUT2D eigenvalue weighted by Gasteiger charge is 2.13. The number of nitrogens with zero attached hydrogens (tertiary/aromatic N) is 2. The van der Waals surface area contributed by atoms with Gasteiger partial charge in [0.1, 0.15) is 0 Å². The highest BCUT2D eigenvalue weighted by molar-refractivity contribution is 5.26. The lowest BCUT2D eigenvalue weighted by atomic mass is 10.1. The van der Waals surface area contributed by atoms with Crippen LogP contribution in [-0.2, 0) is 17.9 Å². The molecule has 18 heavy (non-hydrogen) atoms. The Hall–Kier alpha value is -0.940. The summed E-state index contributed by atoms with van der Waals surface area (Å²) in [5.74, 6) is 0. The maximum atomic E-state index is 5.23. The van der Waals surface area contributed by atoms with Crippen LogP contribution < -0.4 is 5.43 Å². The standard InChI is InChI=1S/C14H23N3O/c1-16-7-9-17(10-8-16)15-11-13-5-3-4-6-14(13)12-18-2/h3-6,15H,7-12H2,1-2H3. The van der Waals surface area contributed by atoms with Crippen molar-refractivity contribution < 1.29 is 4.74 Å². The van der Waals surface area contributed by atoms with Crippen LogP contribution in [0.1, 0.15) is 11.1 Å². The van der Waals surface area contributed by atoms with E-state index >= 15 is 0 Å². The third-order valence-corrected chi connectivity index (χ3v) is 3.41. The molecule has 1 aromatic rings. The van der Waals surface area contributed by atoms with Gasteiger partial charge in [-0.25, -0.2) is 5.01 Å². The predicted molar refractivity (Wildman–Crippen MR) is 73.1 cm³/mol. The molecule has 4 nitrogen and oxygen atoms in total. The zero-order valence-corrected chi connectivity index (χ0v) is 11.4. The van der Waals surface area contributed by atoms with Crippen LogP contribution in [0.15, 0.2) is 24.3 Å². The van der Waals surface area contributed by atoms with Gasteiger partial charge in [-0.15, -0.1) is 0 Å².